The third kappa shape index (κ3) is 4.30. The molecule has 25 heavy (non-hydrogen) atoms. The maximum absolute atomic E-state index is 10.2. The highest BCUT2D eigenvalue weighted by atomic mass is 16.3. The first-order valence-corrected chi connectivity index (χ1v) is 9.64. The number of pyridine rings is 1. The minimum absolute atomic E-state index is 0.0429. The lowest BCUT2D eigenvalue weighted by Crippen LogP contribution is -2.12. The van der Waals surface area contributed by atoms with Gasteiger partial charge in [-0.15, -0.1) is 0 Å². The highest BCUT2D eigenvalue weighted by molar-refractivity contribution is 5.73. The molecule has 1 aromatic heterocycles. The molecular formula is C23H33NO. The molecule has 0 unspecified atom stereocenters. The second kappa shape index (κ2) is 8.62. The van der Waals surface area contributed by atoms with Gasteiger partial charge in [0.25, 0.3) is 0 Å². The van der Waals surface area contributed by atoms with Crippen LogP contribution in [0.3, 0.4) is 0 Å². The number of nitrogens with zero attached hydrogens (tertiary/aromatic N) is 1. The largest absolute Gasteiger partial charge is 0.392 e. The lowest BCUT2D eigenvalue weighted by molar-refractivity contribution is 0.279. The molecule has 0 radical (unpaired) electrons. The Morgan fingerprint density at radius 2 is 1.48 bits per heavy atom. The molecule has 2 rings (SSSR count). The summed E-state index contributed by atoms with van der Waals surface area (Å²) < 4.78 is 0. The summed E-state index contributed by atoms with van der Waals surface area (Å²) in [5.41, 5.74) is 8.26. The SMILES string of the molecule is CCCCc1c(C(C)C)nc(C(C)C)c(CO)c1-c1ccc(C)cc1. The summed E-state index contributed by atoms with van der Waals surface area (Å²) in [5, 5.41) is 10.2. The number of aryl methyl sites for hydroxylation is 1. The van der Waals surface area contributed by atoms with Crippen LogP contribution in [0.2, 0.25) is 0 Å². The molecule has 0 fully saturated rings. The molecule has 2 nitrogen and oxygen atoms in total. The molecule has 0 saturated carbocycles. The average Bonchev–Trinajstić information content (AvgIpc) is 2.58. The van der Waals surface area contributed by atoms with E-state index < -0.39 is 0 Å². The average molecular weight is 340 g/mol. The van der Waals surface area contributed by atoms with Crippen molar-refractivity contribution in [1.82, 2.24) is 4.98 Å². The minimum Gasteiger partial charge on any atom is -0.392 e. The number of hydrogen-bond acceptors (Lipinski definition) is 2. The van der Waals surface area contributed by atoms with Crippen molar-refractivity contribution >= 4 is 0 Å². The summed E-state index contributed by atoms with van der Waals surface area (Å²) in [5.74, 6) is 0.672. The first kappa shape index (κ1) is 19.7. The van der Waals surface area contributed by atoms with Crippen LogP contribution in [0.1, 0.15) is 87.4 Å². The van der Waals surface area contributed by atoms with E-state index in [0.29, 0.717) is 11.8 Å². The van der Waals surface area contributed by atoms with Gasteiger partial charge in [0.1, 0.15) is 0 Å². The Labute approximate surface area is 153 Å². The van der Waals surface area contributed by atoms with Crippen LogP contribution in [0.25, 0.3) is 11.1 Å². The van der Waals surface area contributed by atoms with Crippen molar-refractivity contribution in [2.75, 3.05) is 0 Å². The van der Waals surface area contributed by atoms with Crippen LogP contribution in [-0.4, -0.2) is 10.1 Å². The smallest absolute Gasteiger partial charge is 0.0705 e. The molecule has 2 heteroatoms. The first-order valence-electron chi connectivity index (χ1n) is 9.64. The van der Waals surface area contributed by atoms with Crippen molar-refractivity contribution in [3.63, 3.8) is 0 Å². The summed E-state index contributed by atoms with van der Waals surface area (Å²) in [6.45, 7) is 13.1. The number of aliphatic hydroxyl groups excluding tert-OH is 1. The lowest BCUT2D eigenvalue weighted by atomic mass is 9.85. The van der Waals surface area contributed by atoms with Gasteiger partial charge in [-0.1, -0.05) is 70.9 Å². The zero-order chi connectivity index (χ0) is 18.6. The van der Waals surface area contributed by atoms with Gasteiger partial charge in [0.05, 0.1) is 6.61 Å². The monoisotopic (exact) mass is 339 g/mol. The molecule has 0 bridgehead atoms. The van der Waals surface area contributed by atoms with Crippen LogP contribution in [0.15, 0.2) is 24.3 Å². The maximum Gasteiger partial charge on any atom is 0.0705 e. The van der Waals surface area contributed by atoms with Gasteiger partial charge in [0.15, 0.2) is 0 Å². The van der Waals surface area contributed by atoms with Crippen molar-refractivity contribution in [1.29, 1.82) is 0 Å². The zero-order valence-electron chi connectivity index (χ0n) is 16.7. The molecule has 0 saturated heterocycles. The summed E-state index contributed by atoms with van der Waals surface area (Å²) in [7, 11) is 0. The number of aromatic nitrogens is 1. The van der Waals surface area contributed by atoms with Crippen LogP contribution in [0, 0.1) is 6.92 Å². The number of hydrogen-bond donors (Lipinski definition) is 1. The Morgan fingerprint density at radius 1 is 0.920 bits per heavy atom. The van der Waals surface area contributed by atoms with Gasteiger partial charge in [-0.2, -0.15) is 0 Å². The van der Waals surface area contributed by atoms with E-state index in [1.54, 1.807) is 0 Å². The van der Waals surface area contributed by atoms with Crippen molar-refractivity contribution in [3.8, 4) is 11.1 Å². The van der Waals surface area contributed by atoms with Gasteiger partial charge >= 0.3 is 0 Å². The number of benzene rings is 1. The van der Waals surface area contributed by atoms with Crippen molar-refractivity contribution in [3.05, 3.63) is 52.3 Å². The van der Waals surface area contributed by atoms with Crippen LogP contribution < -0.4 is 0 Å². The van der Waals surface area contributed by atoms with Gasteiger partial charge < -0.3 is 5.11 Å². The maximum atomic E-state index is 10.2. The topological polar surface area (TPSA) is 33.1 Å². The standard InChI is InChI=1S/C23H33NO/c1-7-8-9-19-21(18-12-10-17(6)11-13-18)20(14-25)23(16(4)5)24-22(19)15(2)3/h10-13,15-16,25H,7-9,14H2,1-6H3. The second-order valence-corrected chi connectivity index (χ2v) is 7.65. The third-order valence-electron chi connectivity index (χ3n) is 4.84. The van der Waals surface area contributed by atoms with Gasteiger partial charge in [-0.05, 0) is 48.3 Å². The zero-order valence-corrected chi connectivity index (χ0v) is 16.7. The summed E-state index contributed by atoms with van der Waals surface area (Å²) in [6.07, 6.45) is 3.32. The summed E-state index contributed by atoms with van der Waals surface area (Å²) in [6, 6.07) is 8.69. The normalized spacial score (nSPS) is 11.6. The Bertz CT molecular complexity index is 699. The molecule has 0 aliphatic carbocycles. The first-order chi connectivity index (χ1) is 11.9. The predicted octanol–water partition coefficient (Wildman–Crippen LogP) is 6.14. The van der Waals surface area contributed by atoms with E-state index in [4.69, 9.17) is 4.98 Å². The predicted molar refractivity (Wildman–Crippen MR) is 107 cm³/mol. The van der Waals surface area contributed by atoms with Crippen LogP contribution >= 0.6 is 0 Å². The molecule has 0 spiro atoms. The number of rotatable bonds is 7. The van der Waals surface area contributed by atoms with Gasteiger partial charge in [0.2, 0.25) is 0 Å². The Kier molecular flexibility index (Phi) is 6.78. The van der Waals surface area contributed by atoms with E-state index in [9.17, 15) is 5.11 Å². The van der Waals surface area contributed by atoms with E-state index in [2.05, 4.69) is 65.8 Å². The number of aliphatic hydroxyl groups is 1. The third-order valence-corrected chi connectivity index (χ3v) is 4.84. The van der Waals surface area contributed by atoms with E-state index in [1.165, 1.54) is 27.9 Å². The van der Waals surface area contributed by atoms with Gasteiger partial charge in [0, 0.05) is 17.0 Å². The molecule has 136 valence electrons. The molecule has 0 aliphatic rings. The molecule has 2 aromatic rings. The lowest BCUT2D eigenvalue weighted by Gasteiger charge is -2.24. The number of unbranched alkanes of at least 4 members (excludes halogenated alkanes) is 1. The van der Waals surface area contributed by atoms with Crippen LogP contribution in [0.5, 0.6) is 0 Å². The highest BCUT2D eigenvalue weighted by Gasteiger charge is 2.22. The molecule has 1 heterocycles. The van der Waals surface area contributed by atoms with E-state index in [0.717, 1.165) is 30.5 Å². The Balaban J connectivity index is 2.83. The summed E-state index contributed by atoms with van der Waals surface area (Å²) in [4.78, 5) is 5.04. The highest BCUT2D eigenvalue weighted by Crippen LogP contribution is 2.37. The molecule has 1 N–H and O–H groups in total. The van der Waals surface area contributed by atoms with E-state index in [-0.39, 0.29) is 6.61 Å². The fourth-order valence-corrected chi connectivity index (χ4v) is 3.49. The van der Waals surface area contributed by atoms with Gasteiger partial charge in [-0.25, -0.2) is 0 Å². The Hall–Kier alpha value is -1.67. The van der Waals surface area contributed by atoms with Gasteiger partial charge in [-0.3, -0.25) is 4.98 Å². The molecule has 0 aliphatic heterocycles. The van der Waals surface area contributed by atoms with E-state index >= 15 is 0 Å². The van der Waals surface area contributed by atoms with Crippen molar-refractivity contribution in [2.24, 2.45) is 0 Å². The fraction of sp³-hybridized carbons (Fsp3) is 0.522. The second-order valence-electron chi connectivity index (χ2n) is 7.65. The molecule has 0 atom stereocenters. The van der Waals surface area contributed by atoms with Crippen LogP contribution in [-0.2, 0) is 13.0 Å². The van der Waals surface area contributed by atoms with E-state index in [1.807, 2.05) is 0 Å². The van der Waals surface area contributed by atoms with Crippen molar-refractivity contribution in [2.45, 2.75) is 79.2 Å². The fourth-order valence-electron chi connectivity index (χ4n) is 3.49. The Morgan fingerprint density at radius 3 is 1.96 bits per heavy atom. The summed E-state index contributed by atoms with van der Waals surface area (Å²) >= 11 is 0. The molecule has 1 aromatic carbocycles. The molecule has 0 amide bonds. The molecular weight excluding hydrogens is 306 g/mol. The van der Waals surface area contributed by atoms with Crippen molar-refractivity contribution < 1.29 is 5.11 Å². The quantitative estimate of drug-likeness (QED) is 0.657. The minimum atomic E-state index is 0.0429. The van der Waals surface area contributed by atoms with Crippen LogP contribution in [0.4, 0.5) is 0 Å².